The average Bonchev–Trinajstić information content (AvgIpc) is 3.67. The van der Waals surface area contributed by atoms with Crippen molar-refractivity contribution in [3.8, 4) is 16.9 Å². The number of aryl methyl sites for hydroxylation is 2. The lowest BCUT2D eigenvalue weighted by Gasteiger charge is -2.08. The van der Waals surface area contributed by atoms with E-state index in [-0.39, 0.29) is 29.7 Å². The summed E-state index contributed by atoms with van der Waals surface area (Å²) in [5, 5.41) is 18.0. The molecule has 5 rings (SSSR count). The normalized spacial score (nSPS) is 10.8. The number of anilines is 1. The maximum Gasteiger partial charge on any atom is 0.276 e. The standard InChI is InChI=1S/C27H26N8O3/c1-33-17-19(15-29-33)14-28-27(37)25-24(16-30-34(25)2)31-26(36)23-12-13-35(32-23)18-38-22-10-8-21(9-11-22)20-6-4-3-5-7-20/h3-13,15-17H,14,18H2,1-2H3,(H,28,37)(H,31,36). The van der Waals surface area contributed by atoms with E-state index in [1.54, 1.807) is 37.2 Å². The lowest BCUT2D eigenvalue weighted by Crippen LogP contribution is -2.26. The summed E-state index contributed by atoms with van der Waals surface area (Å²) in [5.74, 6) is -0.157. The molecule has 2 aromatic carbocycles. The first-order valence-electron chi connectivity index (χ1n) is 11.9. The third-order valence-electron chi connectivity index (χ3n) is 5.81. The molecule has 0 radical (unpaired) electrons. The molecule has 5 aromatic rings. The highest BCUT2D eigenvalue weighted by atomic mass is 16.5. The Labute approximate surface area is 218 Å². The largest absolute Gasteiger partial charge is 0.471 e. The highest BCUT2D eigenvalue weighted by Gasteiger charge is 2.20. The number of aromatic nitrogens is 6. The van der Waals surface area contributed by atoms with E-state index in [9.17, 15) is 9.59 Å². The third kappa shape index (κ3) is 5.62. The van der Waals surface area contributed by atoms with Crippen molar-refractivity contribution in [3.05, 3.63) is 102 Å². The lowest BCUT2D eigenvalue weighted by molar-refractivity contribution is 0.0942. The number of rotatable bonds is 9. The van der Waals surface area contributed by atoms with Gasteiger partial charge in [-0.25, -0.2) is 4.68 Å². The molecule has 0 aliphatic heterocycles. The molecule has 0 saturated heterocycles. The zero-order chi connectivity index (χ0) is 26.5. The summed E-state index contributed by atoms with van der Waals surface area (Å²) in [6, 6.07) is 19.4. The van der Waals surface area contributed by atoms with E-state index >= 15 is 0 Å². The molecule has 3 aromatic heterocycles. The SMILES string of the molecule is Cn1cc(CNC(=O)c2c(NC(=O)c3ccn(COc4ccc(-c5ccccc5)cc4)n3)cnn2C)cn1. The second-order valence-electron chi connectivity index (χ2n) is 8.59. The van der Waals surface area contributed by atoms with Crippen molar-refractivity contribution in [1.82, 2.24) is 34.7 Å². The second kappa shape index (κ2) is 10.8. The Morgan fingerprint density at radius 3 is 2.39 bits per heavy atom. The number of hydrogen-bond donors (Lipinski definition) is 2. The van der Waals surface area contributed by atoms with E-state index < -0.39 is 5.91 Å². The van der Waals surface area contributed by atoms with E-state index in [0.29, 0.717) is 12.3 Å². The van der Waals surface area contributed by atoms with E-state index in [0.717, 1.165) is 16.7 Å². The van der Waals surface area contributed by atoms with Crippen LogP contribution in [0.2, 0.25) is 0 Å². The number of hydrogen-bond acceptors (Lipinski definition) is 6. The van der Waals surface area contributed by atoms with Crippen molar-refractivity contribution < 1.29 is 14.3 Å². The zero-order valence-electron chi connectivity index (χ0n) is 20.9. The van der Waals surface area contributed by atoms with E-state index in [1.807, 2.05) is 48.7 Å². The smallest absolute Gasteiger partial charge is 0.276 e. The number of carbonyl (C=O) groups excluding carboxylic acids is 2. The van der Waals surface area contributed by atoms with Gasteiger partial charge in [-0.3, -0.25) is 19.0 Å². The molecule has 0 bridgehead atoms. The molecule has 11 nitrogen and oxygen atoms in total. The Bertz CT molecular complexity index is 1550. The molecule has 0 spiro atoms. The summed E-state index contributed by atoms with van der Waals surface area (Å²) < 4.78 is 10.4. The summed E-state index contributed by atoms with van der Waals surface area (Å²) in [6.45, 7) is 0.428. The Balaban J connectivity index is 1.17. The van der Waals surface area contributed by atoms with Gasteiger partial charge in [0.1, 0.15) is 11.4 Å². The molecule has 3 heterocycles. The topological polar surface area (TPSA) is 121 Å². The maximum absolute atomic E-state index is 12.8. The number of carbonyl (C=O) groups is 2. The van der Waals surface area contributed by atoms with Crippen LogP contribution in [0.1, 0.15) is 26.5 Å². The van der Waals surface area contributed by atoms with Crippen molar-refractivity contribution in [2.24, 2.45) is 14.1 Å². The van der Waals surface area contributed by atoms with E-state index in [4.69, 9.17) is 4.74 Å². The van der Waals surface area contributed by atoms with Crippen molar-refractivity contribution >= 4 is 17.5 Å². The van der Waals surface area contributed by atoms with Crippen LogP contribution in [-0.2, 0) is 27.4 Å². The number of ether oxygens (including phenoxy) is 1. The van der Waals surface area contributed by atoms with Gasteiger partial charge in [-0.1, -0.05) is 42.5 Å². The van der Waals surface area contributed by atoms with Gasteiger partial charge in [0.05, 0.1) is 18.1 Å². The fourth-order valence-electron chi connectivity index (χ4n) is 3.88. The Morgan fingerprint density at radius 2 is 1.66 bits per heavy atom. The maximum atomic E-state index is 12.8. The molecular weight excluding hydrogens is 484 g/mol. The predicted octanol–water partition coefficient (Wildman–Crippen LogP) is 3.24. The molecule has 0 saturated carbocycles. The quantitative estimate of drug-likeness (QED) is 0.314. The monoisotopic (exact) mass is 510 g/mol. The van der Waals surface area contributed by atoms with Gasteiger partial charge in [0.15, 0.2) is 12.4 Å². The van der Waals surface area contributed by atoms with Gasteiger partial charge in [0.2, 0.25) is 0 Å². The van der Waals surface area contributed by atoms with Crippen LogP contribution in [0.3, 0.4) is 0 Å². The van der Waals surface area contributed by atoms with Crippen molar-refractivity contribution in [1.29, 1.82) is 0 Å². The van der Waals surface area contributed by atoms with Crippen LogP contribution < -0.4 is 15.4 Å². The highest BCUT2D eigenvalue weighted by molar-refractivity contribution is 6.07. The second-order valence-corrected chi connectivity index (χ2v) is 8.59. The summed E-state index contributed by atoms with van der Waals surface area (Å²) in [5.41, 5.74) is 3.77. The van der Waals surface area contributed by atoms with Gasteiger partial charge in [-0.2, -0.15) is 15.3 Å². The van der Waals surface area contributed by atoms with Crippen molar-refractivity contribution in [2.75, 3.05) is 5.32 Å². The van der Waals surface area contributed by atoms with Crippen molar-refractivity contribution in [2.45, 2.75) is 13.3 Å². The van der Waals surface area contributed by atoms with Crippen LogP contribution in [0.15, 0.2) is 85.5 Å². The summed E-state index contributed by atoms with van der Waals surface area (Å²) in [4.78, 5) is 25.6. The number of nitrogens with one attached hydrogen (secondary N) is 2. The van der Waals surface area contributed by atoms with Crippen LogP contribution in [-0.4, -0.2) is 41.2 Å². The van der Waals surface area contributed by atoms with E-state index in [2.05, 4.69) is 38.1 Å². The molecule has 0 aliphatic carbocycles. The lowest BCUT2D eigenvalue weighted by atomic mass is 10.1. The van der Waals surface area contributed by atoms with Crippen LogP contribution in [0.25, 0.3) is 11.1 Å². The van der Waals surface area contributed by atoms with Gasteiger partial charge >= 0.3 is 0 Å². The molecule has 2 amide bonds. The first-order valence-corrected chi connectivity index (χ1v) is 11.9. The molecule has 0 aliphatic rings. The van der Waals surface area contributed by atoms with Crippen LogP contribution >= 0.6 is 0 Å². The van der Waals surface area contributed by atoms with Gasteiger partial charge in [-0.15, -0.1) is 0 Å². The van der Waals surface area contributed by atoms with Gasteiger partial charge in [-0.05, 0) is 29.3 Å². The first-order chi connectivity index (χ1) is 18.5. The zero-order valence-corrected chi connectivity index (χ0v) is 20.9. The Morgan fingerprint density at radius 1 is 0.895 bits per heavy atom. The Kier molecular flexibility index (Phi) is 6.98. The number of amides is 2. The fraction of sp³-hybridized carbons (Fsp3) is 0.148. The van der Waals surface area contributed by atoms with Gasteiger partial charge in [0, 0.05) is 38.6 Å². The van der Waals surface area contributed by atoms with Crippen LogP contribution in [0.5, 0.6) is 5.75 Å². The molecule has 38 heavy (non-hydrogen) atoms. The molecule has 2 N–H and O–H groups in total. The number of nitrogens with zero attached hydrogens (tertiary/aromatic N) is 6. The fourth-order valence-corrected chi connectivity index (χ4v) is 3.88. The van der Waals surface area contributed by atoms with Crippen LogP contribution in [0, 0.1) is 0 Å². The van der Waals surface area contributed by atoms with Gasteiger partial charge in [0.25, 0.3) is 11.8 Å². The minimum atomic E-state index is -0.467. The molecule has 0 fully saturated rings. The molecule has 0 atom stereocenters. The van der Waals surface area contributed by atoms with Crippen LogP contribution in [0.4, 0.5) is 5.69 Å². The van der Waals surface area contributed by atoms with Crippen molar-refractivity contribution in [3.63, 3.8) is 0 Å². The van der Waals surface area contributed by atoms with E-state index in [1.165, 1.54) is 15.6 Å². The average molecular weight is 511 g/mol. The minimum absolute atomic E-state index is 0.132. The van der Waals surface area contributed by atoms with Gasteiger partial charge < -0.3 is 15.4 Å². The summed E-state index contributed by atoms with van der Waals surface area (Å²) >= 11 is 0. The molecule has 192 valence electrons. The first kappa shape index (κ1) is 24.5. The summed E-state index contributed by atoms with van der Waals surface area (Å²) in [6.07, 6.45) is 6.56. The number of benzene rings is 2. The summed E-state index contributed by atoms with van der Waals surface area (Å²) in [7, 11) is 3.43. The highest BCUT2D eigenvalue weighted by Crippen LogP contribution is 2.22. The minimum Gasteiger partial charge on any atom is -0.471 e. The molecule has 11 heteroatoms. The predicted molar refractivity (Wildman–Crippen MR) is 140 cm³/mol. The molecule has 0 unspecified atom stereocenters. The Hall–Kier alpha value is -5.19. The molecular formula is C27H26N8O3. The third-order valence-corrected chi connectivity index (χ3v) is 5.81.